The van der Waals surface area contributed by atoms with Crippen molar-refractivity contribution in [1.82, 2.24) is 0 Å². The number of rotatable bonds is 6. The van der Waals surface area contributed by atoms with Gasteiger partial charge in [0.2, 0.25) is 0 Å². The van der Waals surface area contributed by atoms with Gasteiger partial charge in [-0.25, -0.2) is 0 Å². The molecule has 1 unspecified atom stereocenters. The highest BCUT2D eigenvalue weighted by atomic mass is 16.5. The van der Waals surface area contributed by atoms with Crippen molar-refractivity contribution in [2.45, 2.75) is 44.6 Å². The zero-order valence-corrected chi connectivity index (χ0v) is 11.6. The summed E-state index contributed by atoms with van der Waals surface area (Å²) >= 11 is 0. The number of nitrogens with two attached hydrogens (primary N) is 1. The van der Waals surface area contributed by atoms with Gasteiger partial charge in [-0.2, -0.15) is 0 Å². The van der Waals surface area contributed by atoms with Crippen LogP contribution < -0.4 is 10.5 Å². The largest absolute Gasteiger partial charge is 0.493 e. The van der Waals surface area contributed by atoms with Crippen LogP contribution in [0.1, 0.15) is 36.0 Å². The van der Waals surface area contributed by atoms with E-state index in [1.165, 1.54) is 30.4 Å². The molecule has 1 aromatic rings. The molecule has 4 heteroatoms. The van der Waals surface area contributed by atoms with Crippen molar-refractivity contribution in [3.8, 4) is 5.75 Å². The van der Waals surface area contributed by atoms with Gasteiger partial charge in [0.25, 0.3) is 0 Å². The summed E-state index contributed by atoms with van der Waals surface area (Å²) in [7, 11) is 0. The first kappa shape index (κ1) is 13.4. The van der Waals surface area contributed by atoms with Gasteiger partial charge in [0, 0.05) is 6.42 Å². The van der Waals surface area contributed by atoms with E-state index in [1.54, 1.807) is 0 Å². The lowest BCUT2D eigenvalue weighted by molar-refractivity contribution is -0.138. The normalized spacial score (nSPS) is 18.6. The van der Waals surface area contributed by atoms with E-state index < -0.39 is 12.0 Å². The summed E-state index contributed by atoms with van der Waals surface area (Å²) in [6.45, 7) is 0.744. The minimum atomic E-state index is -0.960. The zero-order chi connectivity index (χ0) is 14.1. The van der Waals surface area contributed by atoms with Gasteiger partial charge in [0.05, 0.1) is 6.61 Å². The summed E-state index contributed by atoms with van der Waals surface area (Å²) in [6, 6.07) is 3.35. The second-order valence-corrected chi connectivity index (χ2v) is 5.99. The van der Waals surface area contributed by atoms with Crippen LogP contribution in [-0.4, -0.2) is 23.7 Å². The molecule has 0 aromatic heterocycles. The predicted molar refractivity (Wildman–Crippen MR) is 76.0 cm³/mol. The van der Waals surface area contributed by atoms with Gasteiger partial charge in [-0.3, -0.25) is 4.79 Å². The molecule has 0 saturated heterocycles. The molecule has 1 aromatic carbocycles. The molecule has 0 bridgehead atoms. The van der Waals surface area contributed by atoms with Crippen LogP contribution in [-0.2, 0) is 24.1 Å². The Hall–Kier alpha value is -1.55. The van der Waals surface area contributed by atoms with E-state index in [1.807, 2.05) is 0 Å². The van der Waals surface area contributed by atoms with Crippen molar-refractivity contribution < 1.29 is 14.6 Å². The number of carbonyl (C=O) groups is 1. The Morgan fingerprint density at radius 2 is 2.05 bits per heavy atom. The summed E-state index contributed by atoms with van der Waals surface area (Å²) in [4.78, 5) is 11.0. The SMILES string of the molecule is NC(Cc1cc2c(cc1OCC1CC1)CCC2)C(=O)O. The third kappa shape index (κ3) is 2.96. The van der Waals surface area contributed by atoms with Crippen molar-refractivity contribution in [3.63, 3.8) is 0 Å². The molecule has 2 aliphatic rings. The number of hydrogen-bond donors (Lipinski definition) is 2. The van der Waals surface area contributed by atoms with Crippen LogP contribution in [0.15, 0.2) is 12.1 Å². The van der Waals surface area contributed by atoms with Gasteiger partial charge in [-0.15, -0.1) is 0 Å². The molecule has 20 heavy (non-hydrogen) atoms. The quantitative estimate of drug-likeness (QED) is 0.832. The standard InChI is InChI=1S/C16H21NO3/c17-14(16(18)19)7-13-6-11-2-1-3-12(11)8-15(13)20-9-10-4-5-10/h6,8,10,14H,1-5,7,9,17H2,(H,18,19). The topological polar surface area (TPSA) is 72.5 Å². The number of aryl methyl sites for hydroxylation is 2. The summed E-state index contributed by atoms with van der Waals surface area (Å²) in [5.41, 5.74) is 9.30. The Kier molecular flexibility index (Phi) is 3.66. The maximum Gasteiger partial charge on any atom is 0.320 e. The lowest BCUT2D eigenvalue weighted by atomic mass is 10.00. The first-order valence-corrected chi connectivity index (χ1v) is 7.39. The van der Waals surface area contributed by atoms with Gasteiger partial charge in [-0.1, -0.05) is 6.07 Å². The van der Waals surface area contributed by atoms with Crippen molar-refractivity contribution in [3.05, 3.63) is 28.8 Å². The van der Waals surface area contributed by atoms with Crippen LogP contribution >= 0.6 is 0 Å². The van der Waals surface area contributed by atoms with Crippen molar-refractivity contribution in [2.24, 2.45) is 11.7 Å². The summed E-state index contributed by atoms with van der Waals surface area (Å²) in [6.07, 6.45) is 6.17. The molecule has 1 atom stereocenters. The third-order valence-corrected chi connectivity index (χ3v) is 4.20. The molecule has 4 nitrogen and oxygen atoms in total. The fraction of sp³-hybridized carbons (Fsp3) is 0.562. The highest BCUT2D eigenvalue weighted by Gasteiger charge is 2.24. The Morgan fingerprint density at radius 3 is 2.70 bits per heavy atom. The van der Waals surface area contributed by atoms with Gasteiger partial charge in [0.1, 0.15) is 11.8 Å². The van der Waals surface area contributed by atoms with E-state index in [-0.39, 0.29) is 0 Å². The molecule has 108 valence electrons. The molecule has 1 fully saturated rings. The van der Waals surface area contributed by atoms with Gasteiger partial charge < -0.3 is 15.6 Å². The minimum Gasteiger partial charge on any atom is -0.493 e. The summed E-state index contributed by atoms with van der Waals surface area (Å²) in [5, 5.41) is 8.99. The molecular formula is C16H21NO3. The van der Waals surface area contributed by atoms with E-state index >= 15 is 0 Å². The molecule has 0 heterocycles. The maximum atomic E-state index is 11.0. The average Bonchev–Trinajstić information content (AvgIpc) is 3.13. The second-order valence-electron chi connectivity index (χ2n) is 5.99. The number of carboxylic acid groups (broad SMARTS) is 1. The Balaban J connectivity index is 1.81. The van der Waals surface area contributed by atoms with E-state index in [9.17, 15) is 4.79 Å². The van der Waals surface area contributed by atoms with Crippen LogP contribution in [0.5, 0.6) is 5.75 Å². The highest BCUT2D eigenvalue weighted by Crippen LogP contribution is 2.33. The maximum absolute atomic E-state index is 11.0. The minimum absolute atomic E-state index is 0.336. The van der Waals surface area contributed by atoms with Crippen molar-refractivity contribution in [1.29, 1.82) is 0 Å². The summed E-state index contributed by atoms with van der Waals surface area (Å²) in [5.74, 6) is 0.567. The van der Waals surface area contributed by atoms with Gasteiger partial charge >= 0.3 is 5.97 Å². The van der Waals surface area contributed by atoms with Crippen LogP contribution in [0.2, 0.25) is 0 Å². The Morgan fingerprint density at radius 1 is 1.35 bits per heavy atom. The van der Waals surface area contributed by atoms with Crippen LogP contribution in [0.25, 0.3) is 0 Å². The monoisotopic (exact) mass is 275 g/mol. The second kappa shape index (κ2) is 5.44. The fourth-order valence-corrected chi connectivity index (χ4v) is 2.76. The lowest BCUT2D eigenvalue weighted by Crippen LogP contribution is -2.32. The number of carboxylic acids is 1. The Labute approximate surface area is 118 Å². The van der Waals surface area contributed by atoms with E-state index in [4.69, 9.17) is 15.6 Å². The van der Waals surface area contributed by atoms with Crippen LogP contribution in [0.3, 0.4) is 0 Å². The number of fused-ring (bicyclic) bond motifs is 1. The molecule has 3 rings (SSSR count). The van der Waals surface area contributed by atoms with Gasteiger partial charge in [0.15, 0.2) is 0 Å². The van der Waals surface area contributed by atoms with Crippen LogP contribution in [0.4, 0.5) is 0 Å². The number of benzene rings is 1. The summed E-state index contributed by atoms with van der Waals surface area (Å²) < 4.78 is 5.92. The first-order valence-electron chi connectivity index (χ1n) is 7.39. The molecule has 0 spiro atoms. The van der Waals surface area contributed by atoms with Gasteiger partial charge in [-0.05, 0) is 60.8 Å². The average molecular weight is 275 g/mol. The van der Waals surface area contributed by atoms with Crippen molar-refractivity contribution >= 4 is 5.97 Å². The molecular weight excluding hydrogens is 254 g/mol. The highest BCUT2D eigenvalue weighted by molar-refractivity contribution is 5.73. The molecule has 0 aliphatic heterocycles. The lowest BCUT2D eigenvalue weighted by Gasteiger charge is -2.15. The number of hydrogen-bond acceptors (Lipinski definition) is 3. The molecule has 0 amide bonds. The number of ether oxygens (including phenoxy) is 1. The fourth-order valence-electron chi connectivity index (χ4n) is 2.76. The van der Waals surface area contributed by atoms with Crippen molar-refractivity contribution in [2.75, 3.05) is 6.61 Å². The zero-order valence-electron chi connectivity index (χ0n) is 11.6. The Bertz CT molecular complexity index is 523. The van der Waals surface area contributed by atoms with E-state index in [2.05, 4.69) is 12.1 Å². The smallest absolute Gasteiger partial charge is 0.320 e. The molecule has 1 saturated carbocycles. The third-order valence-electron chi connectivity index (χ3n) is 4.20. The molecule has 3 N–H and O–H groups in total. The molecule has 0 radical (unpaired) electrons. The molecule has 2 aliphatic carbocycles. The van der Waals surface area contributed by atoms with E-state index in [0.717, 1.165) is 30.8 Å². The van der Waals surface area contributed by atoms with Crippen LogP contribution in [0, 0.1) is 5.92 Å². The van der Waals surface area contributed by atoms with E-state index in [0.29, 0.717) is 12.3 Å². The predicted octanol–water partition coefficient (Wildman–Crippen LogP) is 1.92. The number of aliphatic carboxylic acids is 1. The first-order chi connectivity index (χ1) is 9.63.